The highest BCUT2D eigenvalue weighted by atomic mass is 32.2. The Morgan fingerprint density at radius 1 is 0.970 bits per heavy atom. The average molecular weight is 492 g/mol. The van der Waals surface area contributed by atoms with Crippen LogP contribution >= 0.6 is 0 Å². The zero-order chi connectivity index (χ0) is 23.6. The summed E-state index contributed by atoms with van der Waals surface area (Å²) in [5, 5.41) is 4.38. The van der Waals surface area contributed by atoms with Crippen molar-refractivity contribution < 1.29 is 21.6 Å². The quantitative estimate of drug-likeness (QED) is 0.530. The van der Waals surface area contributed by atoms with Gasteiger partial charge in [0, 0.05) is 31.5 Å². The summed E-state index contributed by atoms with van der Waals surface area (Å²) in [6, 6.07) is 10.7. The molecule has 0 saturated carbocycles. The van der Waals surface area contributed by atoms with E-state index in [1.165, 1.54) is 28.6 Å². The van der Waals surface area contributed by atoms with Crippen molar-refractivity contribution in [2.24, 2.45) is 0 Å². The zero-order valence-corrected chi connectivity index (χ0v) is 19.9. The molecule has 4 rings (SSSR count). The van der Waals surface area contributed by atoms with E-state index in [2.05, 4.69) is 14.8 Å². The Kier molecular flexibility index (Phi) is 6.64. The fraction of sp³-hybridized carbons (Fsp3) is 0.333. The van der Waals surface area contributed by atoms with Crippen molar-refractivity contribution in [2.75, 3.05) is 26.3 Å². The Hall–Kier alpha value is -2.64. The van der Waals surface area contributed by atoms with Crippen molar-refractivity contribution in [3.8, 4) is 5.82 Å². The van der Waals surface area contributed by atoms with Crippen LogP contribution in [0.3, 0.4) is 0 Å². The van der Waals surface area contributed by atoms with Gasteiger partial charge in [-0.25, -0.2) is 31.2 Å². The van der Waals surface area contributed by atoms with Crippen LogP contribution in [0.5, 0.6) is 0 Å². The van der Waals surface area contributed by atoms with Crippen molar-refractivity contribution in [3.05, 3.63) is 65.6 Å². The van der Waals surface area contributed by atoms with Gasteiger partial charge >= 0.3 is 0 Å². The summed E-state index contributed by atoms with van der Waals surface area (Å²) >= 11 is 0. The number of sulfonamides is 2. The molecule has 0 atom stereocenters. The van der Waals surface area contributed by atoms with Crippen LogP contribution in [0.25, 0.3) is 5.82 Å². The van der Waals surface area contributed by atoms with Crippen LogP contribution in [0, 0.1) is 13.8 Å². The van der Waals surface area contributed by atoms with Gasteiger partial charge in [-0.1, -0.05) is 6.07 Å². The lowest BCUT2D eigenvalue weighted by atomic mass is 10.3. The van der Waals surface area contributed by atoms with Crippen LogP contribution in [0.4, 0.5) is 0 Å². The Bertz CT molecular complexity index is 1330. The second-order valence-electron chi connectivity index (χ2n) is 7.68. The summed E-state index contributed by atoms with van der Waals surface area (Å²) in [5.41, 5.74) is 2.51. The van der Waals surface area contributed by atoms with Gasteiger partial charge in [0.15, 0.2) is 5.82 Å². The standard InChI is InChI=1S/C21H25N5O5S2/c1-16-13-17(2)26(24-16)21-8-3-18(14-22-21)15-23-32(27,28)19-4-6-20(7-5-19)33(29,30)25-9-11-31-12-10-25/h3-8,13-14,23H,9-12,15H2,1-2H3. The lowest BCUT2D eigenvalue weighted by molar-refractivity contribution is 0.0730. The minimum Gasteiger partial charge on any atom is -0.379 e. The highest BCUT2D eigenvalue weighted by Gasteiger charge is 2.26. The topological polar surface area (TPSA) is 123 Å². The van der Waals surface area contributed by atoms with E-state index in [0.717, 1.165) is 11.4 Å². The summed E-state index contributed by atoms with van der Waals surface area (Å²) < 4.78 is 61.5. The summed E-state index contributed by atoms with van der Waals surface area (Å²) in [7, 11) is -7.52. The fourth-order valence-corrected chi connectivity index (χ4v) is 5.92. The third kappa shape index (κ3) is 5.14. The number of ether oxygens (including phenoxy) is 1. The highest BCUT2D eigenvalue weighted by Crippen LogP contribution is 2.20. The summed E-state index contributed by atoms with van der Waals surface area (Å²) in [4.78, 5) is 4.40. The van der Waals surface area contributed by atoms with Crippen LogP contribution < -0.4 is 4.72 Å². The molecule has 1 aliphatic rings. The predicted molar refractivity (Wildman–Crippen MR) is 121 cm³/mol. The van der Waals surface area contributed by atoms with Gasteiger partial charge in [-0.05, 0) is 55.8 Å². The van der Waals surface area contributed by atoms with Gasteiger partial charge in [0.05, 0.1) is 28.7 Å². The van der Waals surface area contributed by atoms with Crippen molar-refractivity contribution in [2.45, 2.75) is 30.2 Å². The molecule has 0 bridgehead atoms. The van der Waals surface area contributed by atoms with E-state index in [1.807, 2.05) is 19.9 Å². The predicted octanol–water partition coefficient (Wildman–Crippen LogP) is 1.38. The normalized spacial score (nSPS) is 15.6. The smallest absolute Gasteiger partial charge is 0.243 e. The number of nitrogens with one attached hydrogen (secondary N) is 1. The molecule has 33 heavy (non-hydrogen) atoms. The summed E-state index contributed by atoms with van der Waals surface area (Å²) in [5.74, 6) is 0.643. The summed E-state index contributed by atoms with van der Waals surface area (Å²) in [6.45, 7) is 5.10. The Morgan fingerprint density at radius 3 is 2.21 bits per heavy atom. The number of aromatic nitrogens is 3. The van der Waals surface area contributed by atoms with Crippen molar-refractivity contribution >= 4 is 20.0 Å². The van der Waals surface area contributed by atoms with E-state index in [0.29, 0.717) is 24.6 Å². The second-order valence-corrected chi connectivity index (χ2v) is 11.4. The van der Waals surface area contributed by atoms with E-state index in [4.69, 9.17) is 4.74 Å². The van der Waals surface area contributed by atoms with Gasteiger partial charge in [0.2, 0.25) is 20.0 Å². The molecule has 12 heteroatoms. The van der Waals surface area contributed by atoms with E-state index >= 15 is 0 Å². The highest BCUT2D eigenvalue weighted by molar-refractivity contribution is 7.89. The monoisotopic (exact) mass is 491 g/mol. The molecule has 2 aromatic heterocycles. The molecule has 0 radical (unpaired) electrons. The number of pyridine rings is 1. The molecule has 10 nitrogen and oxygen atoms in total. The maximum Gasteiger partial charge on any atom is 0.243 e. The van der Waals surface area contributed by atoms with Gasteiger partial charge in [-0.3, -0.25) is 0 Å². The van der Waals surface area contributed by atoms with Gasteiger partial charge in [-0.15, -0.1) is 0 Å². The van der Waals surface area contributed by atoms with E-state index in [9.17, 15) is 16.8 Å². The largest absolute Gasteiger partial charge is 0.379 e. The maximum absolute atomic E-state index is 12.7. The first kappa shape index (κ1) is 23.5. The molecule has 0 amide bonds. The molecule has 0 spiro atoms. The van der Waals surface area contributed by atoms with Crippen LogP contribution in [0.15, 0.2) is 58.5 Å². The van der Waals surface area contributed by atoms with Gasteiger partial charge in [0.25, 0.3) is 0 Å². The molecule has 1 aromatic carbocycles. The van der Waals surface area contributed by atoms with Crippen LogP contribution in [-0.2, 0) is 31.3 Å². The number of morpholine rings is 1. The zero-order valence-electron chi connectivity index (χ0n) is 18.3. The lowest BCUT2D eigenvalue weighted by Gasteiger charge is -2.26. The number of hydrogen-bond donors (Lipinski definition) is 1. The molecule has 176 valence electrons. The first-order valence-corrected chi connectivity index (χ1v) is 13.3. The molecule has 3 aromatic rings. The molecule has 1 N–H and O–H groups in total. The first-order valence-electron chi connectivity index (χ1n) is 10.3. The fourth-order valence-electron chi connectivity index (χ4n) is 3.50. The third-order valence-electron chi connectivity index (χ3n) is 5.24. The number of nitrogens with zero attached hydrogens (tertiary/aromatic N) is 4. The Morgan fingerprint density at radius 2 is 1.64 bits per heavy atom. The number of hydrogen-bond acceptors (Lipinski definition) is 7. The molecule has 1 saturated heterocycles. The van der Waals surface area contributed by atoms with E-state index < -0.39 is 20.0 Å². The Balaban J connectivity index is 1.43. The second kappa shape index (κ2) is 9.31. The molecular weight excluding hydrogens is 466 g/mol. The van der Waals surface area contributed by atoms with Gasteiger partial charge < -0.3 is 4.74 Å². The van der Waals surface area contributed by atoms with E-state index in [1.54, 1.807) is 23.0 Å². The molecule has 0 unspecified atom stereocenters. The van der Waals surface area contributed by atoms with Crippen molar-refractivity contribution in [1.82, 2.24) is 23.8 Å². The number of rotatable bonds is 7. The van der Waals surface area contributed by atoms with Crippen LogP contribution in [-0.4, -0.2) is 62.2 Å². The van der Waals surface area contributed by atoms with Crippen LogP contribution in [0.1, 0.15) is 17.0 Å². The average Bonchev–Trinajstić information content (AvgIpc) is 3.16. The minimum atomic E-state index is -3.84. The molecule has 3 heterocycles. The van der Waals surface area contributed by atoms with Crippen molar-refractivity contribution in [1.29, 1.82) is 0 Å². The molecule has 1 aliphatic heterocycles. The minimum absolute atomic E-state index is 0.0179. The van der Waals surface area contributed by atoms with E-state index in [-0.39, 0.29) is 29.4 Å². The third-order valence-corrected chi connectivity index (χ3v) is 8.57. The Labute approximate surface area is 193 Å². The molecular formula is C21H25N5O5S2. The SMILES string of the molecule is Cc1cc(C)n(-c2ccc(CNS(=O)(=O)c3ccc(S(=O)(=O)N4CCOCC4)cc3)cn2)n1. The van der Waals surface area contributed by atoms with Gasteiger partial charge in [-0.2, -0.15) is 9.40 Å². The maximum atomic E-state index is 12.7. The number of aryl methyl sites for hydroxylation is 2. The lowest BCUT2D eigenvalue weighted by Crippen LogP contribution is -2.40. The van der Waals surface area contributed by atoms with Crippen molar-refractivity contribution in [3.63, 3.8) is 0 Å². The molecule has 0 aliphatic carbocycles. The molecule has 1 fully saturated rings. The first-order chi connectivity index (χ1) is 15.7. The van der Waals surface area contributed by atoms with Gasteiger partial charge in [0.1, 0.15) is 0 Å². The number of benzene rings is 1. The van der Waals surface area contributed by atoms with Crippen LogP contribution in [0.2, 0.25) is 0 Å². The summed E-state index contributed by atoms with van der Waals surface area (Å²) in [6.07, 6.45) is 1.59.